The van der Waals surface area contributed by atoms with E-state index in [2.05, 4.69) is 15.1 Å². The largest absolute Gasteiger partial charge is 0.486 e. The summed E-state index contributed by atoms with van der Waals surface area (Å²) < 4.78 is 25.0. The number of aromatic nitrogens is 1. The van der Waals surface area contributed by atoms with Crippen LogP contribution >= 0.6 is 0 Å². The lowest BCUT2D eigenvalue weighted by molar-refractivity contribution is -0.110. The van der Waals surface area contributed by atoms with Crippen LogP contribution in [-0.4, -0.2) is 78.3 Å². The topological polar surface area (TPSA) is 87.2 Å². The Hall–Kier alpha value is -2.85. The van der Waals surface area contributed by atoms with Crippen LogP contribution in [0.4, 0.5) is 10.1 Å². The van der Waals surface area contributed by atoms with E-state index < -0.39 is 5.82 Å². The molecule has 0 radical (unpaired) electrons. The summed E-state index contributed by atoms with van der Waals surface area (Å²) in [5.74, 6) is -0.224. The van der Waals surface area contributed by atoms with Crippen molar-refractivity contribution >= 4 is 22.9 Å². The highest BCUT2D eigenvalue weighted by Crippen LogP contribution is 2.41. The van der Waals surface area contributed by atoms with Crippen LogP contribution < -0.4 is 5.32 Å². The summed E-state index contributed by atoms with van der Waals surface area (Å²) in [6.07, 6.45) is 0. The smallest absolute Gasteiger partial charge is 0.260 e. The number of hydrogen-bond donors (Lipinski definition) is 2. The molecule has 33 heavy (non-hydrogen) atoms. The molecule has 1 amide bonds. The van der Waals surface area contributed by atoms with E-state index in [1.807, 2.05) is 12.1 Å². The van der Waals surface area contributed by atoms with Crippen LogP contribution in [0.25, 0.3) is 11.3 Å². The molecule has 0 atom stereocenters. The van der Waals surface area contributed by atoms with Gasteiger partial charge in [0, 0.05) is 56.1 Å². The van der Waals surface area contributed by atoms with Crippen molar-refractivity contribution in [3.8, 4) is 0 Å². The van der Waals surface area contributed by atoms with E-state index in [-0.39, 0.29) is 12.5 Å². The number of pyridine rings is 1. The molecule has 8 nitrogen and oxygen atoms in total. The number of piperazine rings is 1. The molecule has 2 N–H and O–H groups in total. The highest BCUT2D eigenvalue weighted by Gasteiger charge is 2.33. The first-order valence-electron chi connectivity index (χ1n) is 11.2. The number of ether oxygens (including phenoxy) is 2. The third-order valence-electron chi connectivity index (χ3n) is 6.22. The van der Waals surface area contributed by atoms with Crippen LogP contribution in [-0.2, 0) is 27.4 Å². The number of nitrogens with zero attached hydrogens (tertiary/aromatic N) is 3. The molecule has 0 spiro atoms. The number of hydrogen-bond acceptors (Lipinski definition) is 7. The number of halogens is 1. The molecule has 9 heteroatoms. The van der Waals surface area contributed by atoms with Crippen molar-refractivity contribution in [3.05, 3.63) is 58.7 Å². The van der Waals surface area contributed by atoms with Gasteiger partial charge in [-0.3, -0.25) is 19.6 Å². The monoisotopic (exact) mass is 454 g/mol. The number of anilines is 1. The van der Waals surface area contributed by atoms with Crippen molar-refractivity contribution in [2.75, 3.05) is 57.9 Å². The predicted molar refractivity (Wildman–Crippen MR) is 120 cm³/mol. The van der Waals surface area contributed by atoms with Gasteiger partial charge < -0.3 is 19.9 Å². The number of fused-ring (bicyclic) bond motifs is 2. The first-order chi connectivity index (χ1) is 16.1. The van der Waals surface area contributed by atoms with Gasteiger partial charge in [0.2, 0.25) is 0 Å². The fourth-order valence-electron chi connectivity index (χ4n) is 4.50. The summed E-state index contributed by atoms with van der Waals surface area (Å²) in [5.41, 5.74) is 4.01. The van der Waals surface area contributed by atoms with E-state index in [4.69, 9.17) is 19.6 Å². The molecule has 4 heterocycles. The molecule has 0 saturated carbocycles. The molecular weight excluding hydrogens is 427 g/mol. The molecule has 1 aromatic heterocycles. The van der Waals surface area contributed by atoms with Crippen LogP contribution in [0.5, 0.6) is 0 Å². The summed E-state index contributed by atoms with van der Waals surface area (Å²) in [6.45, 7) is 6.85. The second-order valence-electron chi connectivity index (χ2n) is 8.39. The maximum atomic E-state index is 13.8. The first-order valence-corrected chi connectivity index (χ1v) is 11.2. The third kappa shape index (κ3) is 4.63. The summed E-state index contributed by atoms with van der Waals surface area (Å²) >= 11 is 0. The van der Waals surface area contributed by atoms with Crippen LogP contribution in [0.3, 0.4) is 0 Å². The number of amides is 1. The molecule has 0 aliphatic carbocycles. The van der Waals surface area contributed by atoms with Crippen molar-refractivity contribution in [1.82, 2.24) is 14.8 Å². The zero-order valence-electron chi connectivity index (χ0n) is 18.3. The van der Waals surface area contributed by atoms with Gasteiger partial charge in [-0.2, -0.15) is 0 Å². The van der Waals surface area contributed by atoms with Crippen LogP contribution in [0, 0.1) is 5.82 Å². The van der Waals surface area contributed by atoms with Gasteiger partial charge in [-0.05, 0) is 30.3 Å². The molecule has 1 fully saturated rings. The van der Waals surface area contributed by atoms with Crippen molar-refractivity contribution < 1.29 is 23.8 Å². The van der Waals surface area contributed by atoms with E-state index in [1.54, 1.807) is 6.07 Å². The van der Waals surface area contributed by atoms with Gasteiger partial charge in [0.1, 0.15) is 18.2 Å². The zero-order valence-corrected chi connectivity index (χ0v) is 18.3. The Morgan fingerprint density at radius 3 is 2.73 bits per heavy atom. The zero-order chi connectivity index (χ0) is 22.8. The minimum Gasteiger partial charge on any atom is -0.486 e. The Balaban J connectivity index is 1.25. The van der Waals surface area contributed by atoms with Crippen molar-refractivity contribution in [3.63, 3.8) is 0 Å². The fourth-order valence-corrected chi connectivity index (χ4v) is 4.50. The van der Waals surface area contributed by atoms with E-state index in [0.29, 0.717) is 42.4 Å². The SMILES string of the molecule is O=C1Nc2ccc(F)cc2/C1=C1\OCc2nc(CN3CCN(CCOCCO)CC3)ccc21. The quantitative estimate of drug-likeness (QED) is 0.486. The van der Waals surface area contributed by atoms with E-state index in [0.717, 1.165) is 56.2 Å². The molecule has 1 aromatic carbocycles. The average molecular weight is 455 g/mol. The predicted octanol–water partition coefficient (Wildman–Crippen LogP) is 1.70. The van der Waals surface area contributed by atoms with E-state index in [9.17, 15) is 9.18 Å². The molecule has 0 bridgehead atoms. The summed E-state index contributed by atoms with van der Waals surface area (Å²) in [5, 5.41) is 11.6. The molecule has 3 aliphatic heterocycles. The molecule has 1 saturated heterocycles. The molecule has 174 valence electrons. The highest BCUT2D eigenvalue weighted by molar-refractivity contribution is 6.36. The van der Waals surface area contributed by atoms with Gasteiger partial charge >= 0.3 is 0 Å². The van der Waals surface area contributed by atoms with Crippen LogP contribution in [0.1, 0.15) is 22.5 Å². The Morgan fingerprint density at radius 2 is 1.91 bits per heavy atom. The minimum absolute atomic E-state index is 0.0598. The molecular formula is C24H27FN4O4. The Morgan fingerprint density at radius 1 is 1.09 bits per heavy atom. The van der Waals surface area contributed by atoms with Gasteiger partial charge in [-0.1, -0.05) is 0 Å². The van der Waals surface area contributed by atoms with E-state index >= 15 is 0 Å². The van der Waals surface area contributed by atoms with Gasteiger partial charge in [0.05, 0.1) is 36.8 Å². The number of nitrogens with one attached hydrogen (secondary N) is 1. The summed E-state index contributed by atoms with van der Waals surface area (Å²) in [6, 6.07) is 8.18. The maximum absolute atomic E-state index is 13.8. The standard InChI is InChI=1S/C24H27FN4O4/c25-16-1-4-20-19(13-16)22(24(31)27-20)23-18-3-2-17(26-21(18)15-33-23)14-29-7-5-28(6-8-29)9-11-32-12-10-30/h1-4,13,30H,5-12,14-15H2,(H,27,31)/b23-22+. The molecule has 3 aliphatic rings. The second-order valence-corrected chi connectivity index (χ2v) is 8.39. The lowest BCUT2D eigenvalue weighted by Gasteiger charge is -2.34. The molecule has 5 rings (SSSR count). The lowest BCUT2D eigenvalue weighted by Crippen LogP contribution is -2.46. The summed E-state index contributed by atoms with van der Waals surface area (Å²) in [7, 11) is 0. The second kappa shape index (κ2) is 9.56. The Labute approximate surface area is 191 Å². The fraction of sp³-hybridized carbons (Fsp3) is 0.417. The maximum Gasteiger partial charge on any atom is 0.260 e. The van der Waals surface area contributed by atoms with Gasteiger partial charge in [-0.25, -0.2) is 4.39 Å². The van der Waals surface area contributed by atoms with Crippen molar-refractivity contribution in [2.45, 2.75) is 13.2 Å². The highest BCUT2D eigenvalue weighted by atomic mass is 19.1. The normalized spacial score (nSPS) is 20.5. The van der Waals surface area contributed by atoms with Crippen molar-refractivity contribution in [1.29, 1.82) is 0 Å². The van der Waals surface area contributed by atoms with Gasteiger partial charge in [-0.15, -0.1) is 0 Å². The third-order valence-corrected chi connectivity index (χ3v) is 6.22. The number of carbonyl (C=O) groups excluding carboxylic acids is 1. The molecule has 0 unspecified atom stereocenters. The Bertz CT molecular complexity index is 1080. The number of benzene rings is 1. The number of rotatable bonds is 7. The lowest BCUT2D eigenvalue weighted by atomic mass is 10.0. The number of carbonyl (C=O) groups is 1. The Kier molecular flexibility index (Phi) is 6.37. The van der Waals surface area contributed by atoms with Crippen LogP contribution in [0.15, 0.2) is 30.3 Å². The average Bonchev–Trinajstić information content (AvgIpc) is 3.36. The van der Waals surface area contributed by atoms with Crippen LogP contribution in [0.2, 0.25) is 0 Å². The number of aliphatic hydroxyl groups is 1. The van der Waals surface area contributed by atoms with E-state index in [1.165, 1.54) is 12.1 Å². The van der Waals surface area contributed by atoms with Gasteiger partial charge in [0.25, 0.3) is 5.91 Å². The first kappa shape index (κ1) is 22.0. The van der Waals surface area contributed by atoms with Crippen molar-refractivity contribution in [2.24, 2.45) is 0 Å². The molecule has 2 aromatic rings. The number of aliphatic hydroxyl groups excluding tert-OH is 1. The minimum atomic E-state index is -0.396. The van der Waals surface area contributed by atoms with Gasteiger partial charge in [0.15, 0.2) is 0 Å². The summed E-state index contributed by atoms with van der Waals surface area (Å²) in [4.78, 5) is 22.1.